The number of hydrogen-bond acceptors (Lipinski definition) is 1. The molecular formula is C14H18BrClFN. The molecule has 0 amide bonds. The van der Waals surface area contributed by atoms with Crippen molar-refractivity contribution in [3.05, 3.63) is 34.6 Å². The van der Waals surface area contributed by atoms with Crippen LogP contribution in [0.15, 0.2) is 18.2 Å². The lowest BCUT2D eigenvalue weighted by Crippen LogP contribution is -2.29. The molecule has 1 atom stereocenters. The van der Waals surface area contributed by atoms with Gasteiger partial charge in [-0.25, -0.2) is 4.39 Å². The minimum atomic E-state index is -0.314. The average Bonchev–Trinajstić information content (AvgIpc) is 2.80. The van der Waals surface area contributed by atoms with E-state index in [9.17, 15) is 4.39 Å². The zero-order valence-electron chi connectivity index (χ0n) is 10.3. The van der Waals surface area contributed by atoms with Crippen molar-refractivity contribution >= 4 is 27.5 Å². The maximum Gasteiger partial charge on any atom is 0.142 e. The van der Waals surface area contributed by atoms with Crippen molar-refractivity contribution in [2.24, 2.45) is 0 Å². The van der Waals surface area contributed by atoms with Gasteiger partial charge in [0.05, 0.1) is 5.02 Å². The van der Waals surface area contributed by atoms with Crippen LogP contribution in [0, 0.1) is 5.82 Å². The minimum Gasteiger partial charge on any atom is -0.296 e. The number of likely N-dealkylation sites (tertiary alicyclic amines) is 1. The molecule has 1 aromatic rings. The third-order valence-corrected chi connectivity index (χ3v) is 4.56. The standard InChI is InChI=1S/C14H18BrClFN/c15-8-2-5-12-6-3-9-18(12)10-11-4-1-7-13(17)14(11)16/h1,4,7,12H,2-3,5-6,8-10H2. The van der Waals surface area contributed by atoms with E-state index in [0.717, 1.165) is 24.0 Å². The quantitative estimate of drug-likeness (QED) is 0.710. The number of alkyl halides is 1. The molecule has 0 saturated carbocycles. The largest absolute Gasteiger partial charge is 0.296 e. The van der Waals surface area contributed by atoms with Gasteiger partial charge in [0.2, 0.25) is 0 Å². The minimum absolute atomic E-state index is 0.281. The summed E-state index contributed by atoms with van der Waals surface area (Å²) in [6.07, 6.45) is 4.88. The molecule has 1 unspecified atom stereocenters. The van der Waals surface area contributed by atoms with Gasteiger partial charge in [0.25, 0.3) is 0 Å². The van der Waals surface area contributed by atoms with E-state index in [1.165, 1.54) is 31.7 Å². The summed E-state index contributed by atoms with van der Waals surface area (Å²) in [6, 6.07) is 5.70. The summed E-state index contributed by atoms with van der Waals surface area (Å²) in [5.41, 5.74) is 0.905. The van der Waals surface area contributed by atoms with Gasteiger partial charge in [-0.05, 0) is 43.9 Å². The molecule has 2 rings (SSSR count). The van der Waals surface area contributed by atoms with E-state index in [1.807, 2.05) is 6.07 Å². The Hall–Kier alpha value is -0.120. The molecule has 1 heterocycles. The summed E-state index contributed by atoms with van der Waals surface area (Å²) < 4.78 is 13.4. The highest BCUT2D eigenvalue weighted by Gasteiger charge is 2.24. The Labute approximate surface area is 121 Å². The second-order valence-corrected chi connectivity index (χ2v) is 5.98. The zero-order chi connectivity index (χ0) is 13.0. The second-order valence-electron chi connectivity index (χ2n) is 4.81. The van der Waals surface area contributed by atoms with Gasteiger partial charge in [-0.3, -0.25) is 4.90 Å². The summed E-state index contributed by atoms with van der Waals surface area (Å²) in [6.45, 7) is 1.86. The van der Waals surface area contributed by atoms with Crippen LogP contribution in [0.4, 0.5) is 4.39 Å². The fourth-order valence-electron chi connectivity index (χ4n) is 2.63. The van der Waals surface area contributed by atoms with Gasteiger partial charge in [0.15, 0.2) is 0 Å². The van der Waals surface area contributed by atoms with Crippen molar-refractivity contribution in [1.29, 1.82) is 0 Å². The Morgan fingerprint density at radius 1 is 1.44 bits per heavy atom. The number of benzene rings is 1. The zero-order valence-corrected chi connectivity index (χ0v) is 12.7. The van der Waals surface area contributed by atoms with Crippen molar-refractivity contribution in [1.82, 2.24) is 4.90 Å². The normalized spacial score (nSPS) is 20.5. The maximum absolute atomic E-state index is 13.4. The molecule has 1 aromatic carbocycles. The first-order valence-corrected chi connectivity index (χ1v) is 7.95. The Bertz CT molecular complexity index is 399. The molecule has 1 nitrogen and oxygen atoms in total. The van der Waals surface area contributed by atoms with Gasteiger partial charge >= 0.3 is 0 Å². The summed E-state index contributed by atoms with van der Waals surface area (Å²) in [5, 5.41) is 1.33. The number of nitrogens with zero attached hydrogens (tertiary/aromatic N) is 1. The first-order chi connectivity index (χ1) is 8.72. The van der Waals surface area contributed by atoms with Crippen molar-refractivity contribution in [2.75, 3.05) is 11.9 Å². The van der Waals surface area contributed by atoms with Crippen LogP contribution in [0.5, 0.6) is 0 Å². The summed E-state index contributed by atoms with van der Waals surface area (Å²) in [5.74, 6) is -0.314. The van der Waals surface area contributed by atoms with E-state index < -0.39 is 0 Å². The lowest BCUT2D eigenvalue weighted by molar-refractivity contribution is 0.234. The maximum atomic E-state index is 13.4. The van der Waals surface area contributed by atoms with E-state index in [4.69, 9.17) is 11.6 Å². The fourth-order valence-corrected chi connectivity index (χ4v) is 3.14. The molecule has 1 saturated heterocycles. The van der Waals surface area contributed by atoms with Gasteiger partial charge in [0.1, 0.15) is 5.82 Å². The smallest absolute Gasteiger partial charge is 0.142 e. The highest BCUT2D eigenvalue weighted by molar-refractivity contribution is 9.09. The average molecular weight is 335 g/mol. The SMILES string of the molecule is Fc1cccc(CN2CCCC2CCCBr)c1Cl. The van der Waals surface area contributed by atoms with E-state index in [0.29, 0.717) is 6.04 Å². The van der Waals surface area contributed by atoms with Crippen LogP contribution in [0.25, 0.3) is 0 Å². The predicted octanol–water partition coefficient (Wildman–Crippen LogP) is 4.62. The lowest BCUT2D eigenvalue weighted by Gasteiger charge is -2.24. The van der Waals surface area contributed by atoms with Gasteiger partial charge in [-0.1, -0.05) is 39.7 Å². The lowest BCUT2D eigenvalue weighted by atomic mass is 10.1. The van der Waals surface area contributed by atoms with Gasteiger partial charge in [0, 0.05) is 17.9 Å². The highest BCUT2D eigenvalue weighted by atomic mass is 79.9. The molecule has 0 spiro atoms. The summed E-state index contributed by atoms with van der Waals surface area (Å²) in [4.78, 5) is 2.43. The molecule has 1 fully saturated rings. The third kappa shape index (κ3) is 3.46. The summed E-state index contributed by atoms with van der Waals surface area (Å²) >= 11 is 9.49. The monoisotopic (exact) mass is 333 g/mol. The van der Waals surface area contributed by atoms with Crippen molar-refractivity contribution < 1.29 is 4.39 Å². The first-order valence-electron chi connectivity index (χ1n) is 6.45. The Kier molecular flexibility index (Phi) is 5.46. The van der Waals surface area contributed by atoms with Gasteiger partial charge in [-0.2, -0.15) is 0 Å². The van der Waals surface area contributed by atoms with Crippen LogP contribution in [-0.2, 0) is 6.54 Å². The molecule has 4 heteroatoms. The molecule has 0 aliphatic carbocycles. The number of rotatable bonds is 5. The number of hydrogen-bond donors (Lipinski definition) is 0. The van der Waals surface area contributed by atoms with Crippen LogP contribution < -0.4 is 0 Å². The molecule has 0 radical (unpaired) electrons. The van der Waals surface area contributed by atoms with Crippen LogP contribution in [0.2, 0.25) is 5.02 Å². The molecule has 1 aliphatic heterocycles. The fraction of sp³-hybridized carbons (Fsp3) is 0.571. The highest BCUT2D eigenvalue weighted by Crippen LogP contribution is 2.27. The van der Waals surface area contributed by atoms with E-state index in [-0.39, 0.29) is 10.8 Å². The van der Waals surface area contributed by atoms with E-state index in [2.05, 4.69) is 20.8 Å². The summed E-state index contributed by atoms with van der Waals surface area (Å²) in [7, 11) is 0. The molecule has 100 valence electrons. The van der Waals surface area contributed by atoms with Crippen LogP contribution in [-0.4, -0.2) is 22.8 Å². The Morgan fingerprint density at radius 3 is 3.06 bits per heavy atom. The van der Waals surface area contributed by atoms with Crippen LogP contribution >= 0.6 is 27.5 Å². The molecule has 0 bridgehead atoms. The van der Waals surface area contributed by atoms with E-state index >= 15 is 0 Å². The molecule has 0 N–H and O–H groups in total. The third-order valence-electron chi connectivity index (χ3n) is 3.58. The second kappa shape index (κ2) is 6.88. The Balaban J connectivity index is 2.01. The molecule has 1 aliphatic rings. The predicted molar refractivity (Wildman–Crippen MR) is 77.9 cm³/mol. The molecule has 0 aromatic heterocycles. The topological polar surface area (TPSA) is 3.24 Å². The van der Waals surface area contributed by atoms with Crippen molar-refractivity contribution in [2.45, 2.75) is 38.3 Å². The van der Waals surface area contributed by atoms with Crippen LogP contribution in [0.3, 0.4) is 0 Å². The number of halogens is 3. The molecule has 18 heavy (non-hydrogen) atoms. The van der Waals surface area contributed by atoms with Gasteiger partial charge < -0.3 is 0 Å². The molecular weight excluding hydrogens is 317 g/mol. The van der Waals surface area contributed by atoms with Crippen molar-refractivity contribution in [3.63, 3.8) is 0 Å². The van der Waals surface area contributed by atoms with E-state index in [1.54, 1.807) is 6.07 Å². The van der Waals surface area contributed by atoms with Gasteiger partial charge in [-0.15, -0.1) is 0 Å². The van der Waals surface area contributed by atoms with Crippen LogP contribution in [0.1, 0.15) is 31.2 Å². The van der Waals surface area contributed by atoms with Crippen molar-refractivity contribution in [3.8, 4) is 0 Å². The Morgan fingerprint density at radius 2 is 2.28 bits per heavy atom. The first kappa shape index (κ1) is 14.3.